The van der Waals surface area contributed by atoms with Crippen molar-refractivity contribution < 1.29 is 14.4 Å². The Kier molecular flexibility index (Phi) is 5.92. The third-order valence-electron chi connectivity index (χ3n) is 3.80. The van der Waals surface area contributed by atoms with E-state index in [0.717, 1.165) is 6.54 Å². The number of amides is 3. The van der Waals surface area contributed by atoms with Gasteiger partial charge in [-0.2, -0.15) is 0 Å². The maximum Gasteiger partial charge on any atom is 0.228 e. The number of carbonyl (C=O) groups is 3. The maximum absolute atomic E-state index is 12.2. The van der Waals surface area contributed by atoms with Crippen LogP contribution in [0.3, 0.4) is 0 Å². The number of benzene rings is 1. The monoisotopic (exact) mass is 332 g/mol. The number of hydrogen-bond acceptors (Lipinski definition) is 4. The summed E-state index contributed by atoms with van der Waals surface area (Å²) in [6, 6.07) is 6.88. The molecule has 1 fully saturated rings. The van der Waals surface area contributed by atoms with Crippen molar-refractivity contribution in [3.63, 3.8) is 0 Å². The number of carbonyl (C=O) groups excluding carboxylic acids is 3. The standard InChI is InChI=1S/C17H24N4O3/c1-11(22)19-12-4-6-13(7-5-12)20-17(24)15-10-14(15)16(23)18-8-9-21(2)3/h4-7,14-15H,8-10H2,1-3H3,(H,18,23)(H,19,22)(H,20,24). The van der Waals surface area contributed by atoms with E-state index < -0.39 is 0 Å². The number of anilines is 2. The van der Waals surface area contributed by atoms with Crippen LogP contribution in [0.1, 0.15) is 13.3 Å². The second-order valence-corrected chi connectivity index (χ2v) is 6.29. The van der Waals surface area contributed by atoms with Gasteiger partial charge >= 0.3 is 0 Å². The SMILES string of the molecule is CC(=O)Nc1ccc(NC(=O)C2CC2C(=O)NCCN(C)C)cc1. The normalized spacial score (nSPS) is 18.8. The lowest BCUT2D eigenvalue weighted by Gasteiger charge is -2.10. The molecule has 0 heterocycles. The predicted molar refractivity (Wildman–Crippen MR) is 92.5 cm³/mol. The molecule has 1 aliphatic rings. The van der Waals surface area contributed by atoms with E-state index in [0.29, 0.717) is 24.3 Å². The van der Waals surface area contributed by atoms with Gasteiger partial charge in [0.2, 0.25) is 17.7 Å². The Bertz CT molecular complexity index is 613. The fourth-order valence-electron chi connectivity index (χ4n) is 2.38. The van der Waals surface area contributed by atoms with Gasteiger partial charge in [-0.15, -0.1) is 0 Å². The summed E-state index contributed by atoms with van der Waals surface area (Å²) in [5, 5.41) is 8.32. The van der Waals surface area contributed by atoms with Crippen LogP contribution in [0.2, 0.25) is 0 Å². The van der Waals surface area contributed by atoms with Crippen molar-refractivity contribution in [1.82, 2.24) is 10.2 Å². The molecule has 1 saturated carbocycles. The van der Waals surface area contributed by atoms with Crippen molar-refractivity contribution in [2.75, 3.05) is 37.8 Å². The van der Waals surface area contributed by atoms with Gasteiger partial charge in [-0.05, 0) is 44.8 Å². The lowest BCUT2D eigenvalue weighted by molar-refractivity contribution is -0.125. The molecule has 7 heteroatoms. The summed E-state index contributed by atoms with van der Waals surface area (Å²) in [5.74, 6) is -0.842. The molecule has 0 radical (unpaired) electrons. The topological polar surface area (TPSA) is 90.5 Å². The zero-order valence-electron chi connectivity index (χ0n) is 14.3. The van der Waals surface area contributed by atoms with Crippen LogP contribution < -0.4 is 16.0 Å². The van der Waals surface area contributed by atoms with Crippen molar-refractivity contribution in [2.24, 2.45) is 11.8 Å². The van der Waals surface area contributed by atoms with E-state index in [9.17, 15) is 14.4 Å². The highest BCUT2D eigenvalue weighted by molar-refractivity contribution is 5.99. The van der Waals surface area contributed by atoms with E-state index in [1.165, 1.54) is 6.92 Å². The fraction of sp³-hybridized carbons (Fsp3) is 0.471. The average molecular weight is 332 g/mol. The molecular weight excluding hydrogens is 308 g/mol. The van der Waals surface area contributed by atoms with Crippen LogP contribution in [-0.4, -0.2) is 49.8 Å². The van der Waals surface area contributed by atoms with Gasteiger partial charge in [0.15, 0.2) is 0 Å². The van der Waals surface area contributed by atoms with E-state index in [-0.39, 0.29) is 29.6 Å². The molecule has 1 aromatic carbocycles. The summed E-state index contributed by atoms with van der Waals surface area (Å²) in [5.41, 5.74) is 1.32. The van der Waals surface area contributed by atoms with E-state index in [1.807, 2.05) is 19.0 Å². The number of likely N-dealkylation sites (N-methyl/N-ethyl adjacent to an activating group) is 1. The van der Waals surface area contributed by atoms with Gasteiger partial charge in [-0.1, -0.05) is 0 Å². The summed E-state index contributed by atoms with van der Waals surface area (Å²) < 4.78 is 0. The third-order valence-corrected chi connectivity index (χ3v) is 3.80. The minimum absolute atomic E-state index is 0.0574. The van der Waals surface area contributed by atoms with E-state index in [1.54, 1.807) is 24.3 Å². The summed E-state index contributed by atoms with van der Waals surface area (Å²) in [6.07, 6.45) is 0.587. The Hall–Kier alpha value is -2.41. The van der Waals surface area contributed by atoms with Crippen molar-refractivity contribution in [3.05, 3.63) is 24.3 Å². The number of rotatable bonds is 7. The highest BCUT2D eigenvalue weighted by Gasteiger charge is 2.47. The highest BCUT2D eigenvalue weighted by Crippen LogP contribution is 2.39. The molecule has 1 aliphatic carbocycles. The molecular formula is C17H24N4O3. The zero-order valence-corrected chi connectivity index (χ0v) is 14.3. The summed E-state index contributed by atoms with van der Waals surface area (Å²) in [4.78, 5) is 37.1. The Labute approximate surface area is 141 Å². The first-order valence-corrected chi connectivity index (χ1v) is 7.98. The molecule has 24 heavy (non-hydrogen) atoms. The Morgan fingerprint density at radius 2 is 1.54 bits per heavy atom. The molecule has 0 saturated heterocycles. The average Bonchev–Trinajstić information content (AvgIpc) is 3.29. The molecule has 2 unspecified atom stereocenters. The second kappa shape index (κ2) is 7.92. The molecule has 0 bridgehead atoms. The fourth-order valence-corrected chi connectivity index (χ4v) is 2.38. The van der Waals surface area contributed by atoms with Crippen LogP contribution in [0.15, 0.2) is 24.3 Å². The highest BCUT2D eigenvalue weighted by atomic mass is 16.2. The number of nitrogens with one attached hydrogen (secondary N) is 3. The van der Waals surface area contributed by atoms with Crippen LogP contribution >= 0.6 is 0 Å². The lowest BCUT2D eigenvalue weighted by atomic mass is 10.2. The molecule has 0 aromatic heterocycles. The molecule has 130 valence electrons. The van der Waals surface area contributed by atoms with Gasteiger partial charge in [-0.25, -0.2) is 0 Å². The van der Waals surface area contributed by atoms with Crippen molar-refractivity contribution in [2.45, 2.75) is 13.3 Å². The van der Waals surface area contributed by atoms with Gasteiger partial charge in [0.05, 0.1) is 11.8 Å². The van der Waals surface area contributed by atoms with E-state index in [2.05, 4.69) is 16.0 Å². The smallest absolute Gasteiger partial charge is 0.228 e. The van der Waals surface area contributed by atoms with Gasteiger partial charge < -0.3 is 20.9 Å². The maximum atomic E-state index is 12.2. The summed E-state index contributed by atoms with van der Waals surface area (Å²) in [6.45, 7) is 2.80. The summed E-state index contributed by atoms with van der Waals surface area (Å²) in [7, 11) is 3.88. The Balaban J connectivity index is 1.77. The van der Waals surface area contributed by atoms with E-state index >= 15 is 0 Å². The molecule has 1 aromatic rings. The first-order valence-electron chi connectivity index (χ1n) is 7.98. The van der Waals surface area contributed by atoms with Crippen LogP contribution in [0, 0.1) is 11.8 Å². The van der Waals surface area contributed by atoms with Gasteiger partial charge in [-0.3, -0.25) is 14.4 Å². The minimum Gasteiger partial charge on any atom is -0.355 e. The molecule has 0 aliphatic heterocycles. The van der Waals surface area contributed by atoms with Crippen LogP contribution in [-0.2, 0) is 14.4 Å². The van der Waals surface area contributed by atoms with Crippen molar-refractivity contribution in [3.8, 4) is 0 Å². The quantitative estimate of drug-likeness (QED) is 0.692. The molecule has 3 N–H and O–H groups in total. The van der Waals surface area contributed by atoms with Gasteiger partial charge in [0, 0.05) is 31.4 Å². The number of nitrogens with zero attached hydrogens (tertiary/aromatic N) is 1. The predicted octanol–water partition coefficient (Wildman–Crippen LogP) is 0.897. The second-order valence-electron chi connectivity index (χ2n) is 6.29. The van der Waals surface area contributed by atoms with Crippen LogP contribution in [0.5, 0.6) is 0 Å². The largest absolute Gasteiger partial charge is 0.355 e. The lowest BCUT2D eigenvalue weighted by Crippen LogP contribution is -2.33. The third kappa shape index (κ3) is 5.34. The van der Waals surface area contributed by atoms with E-state index in [4.69, 9.17) is 0 Å². The number of hydrogen-bond donors (Lipinski definition) is 3. The molecule has 2 atom stereocenters. The molecule has 2 rings (SSSR count). The first-order chi connectivity index (χ1) is 11.4. The Morgan fingerprint density at radius 3 is 2.08 bits per heavy atom. The Morgan fingerprint density at radius 1 is 1.00 bits per heavy atom. The minimum atomic E-state index is -0.264. The van der Waals surface area contributed by atoms with Crippen LogP contribution in [0.25, 0.3) is 0 Å². The summed E-state index contributed by atoms with van der Waals surface area (Å²) >= 11 is 0. The first kappa shape index (κ1) is 17.9. The van der Waals surface area contributed by atoms with Crippen molar-refractivity contribution >= 4 is 29.1 Å². The van der Waals surface area contributed by atoms with Gasteiger partial charge in [0.25, 0.3) is 0 Å². The van der Waals surface area contributed by atoms with Crippen molar-refractivity contribution in [1.29, 1.82) is 0 Å². The molecule has 0 spiro atoms. The van der Waals surface area contributed by atoms with Crippen LogP contribution in [0.4, 0.5) is 11.4 Å². The molecule has 3 amide bonds. The zero-order chi connectivity index (χ0) is 17.7. The van der Waals surface area contributed by atoms with Gasteiger partial charge in [0.1, 0.15) is 0 Å². The molecule has 7 nitrogen and oxygen atoms in total.